The van der Waals surface area contributed by atoms with Crippen LogP contribution in [0.5, 0.6) is 5.75 Å². The van der Waals surface area contributed by atoms with Gasteiger partial charge in [0.1, 0.15) is 5.82 Å². The van der Waals surface area contributed by atoms with Crippen LogP contribution in [0.3, 0.4) is 0 Å². The number of allylic oxidation sites excluding steroid dienone is 1. The maximum Gasteiger partial charge on any atom is 0.573 e. The van der Waals surface area contributed by atoms with Gasteiger partial charge in [0.2, 0.25) is 0 Å². The molecule has 178 valence electrons. The van der Waals surface area contributed by atoms with Crippen molar-refractivity contribution >= 4 is 11.6 Å². The molecule has 6 heteroatoms. The average Bonchev–Trinajstić information content (AvgIpc) is 2.79. The second-order valence-electron chi connectivity index (χ2n) is 9.26. The van der Waals surface area contributed by atoms with Crippen molar-refractivity contribution in [3.8, 4) is 5.75 Å². The maximum absolute atomic E-state index is 15.1. The van der Waals surface area contributed by atoms with Gasteiger partial charge in [-0.1, -0.05) is 50.5 Å². The lowest BCUT2D eigenvalue weighted by molar-refractivity contribution is -0.275. The van der Waals surface area contributed by atoms with Crippen molar-refractivity contribution in [2.24, 2.45) is 5.92 Å². The molecule has 0 saturated heterocycles. The minimum atomic E-state index is -4.95. The molecule has 2 aliphatic carbocycles. The van der Waals surface area contributed by atoms with Gasteiger partial charge in [0.15, 0.2) is 11.6 Å². The Hall–Kier alpha value is -2.37. The largest absolute Gasteiger partial charge is 0.573 e. The van der Waals surface area contributed by atoms with E-state index in [9.17, 15) is 17.6 Å². The summed E-state index contributed by atoms with van der Waals surface area (Å²) in [6.45, 7) is 2.21. The number of ether oxygens (including phenoxy) is 1. The van der Waals surface area contributed by atoms with E-state index < -0.39 is 17.9 Å². The van der Waals surface area contributed by atoms with Crippen molar-refractivity contribution in [2.45, 2.75) is 77.0 Å². The van der Waals surface area contributed by atoms with Crippen LogP contribution in [0.1, 0.15) is 86.5 Å². The fourth-order valence-corrected chi connectivity index (χ4v) is 5.26. The van der Waals surface area contributed by atoms with Gasteiger partial charge in [0.25, 0.3) is 0 Å². The Bertz CT molecular complexity index is 1020. The van der Waals surface area contributed by atoms with Gasteiger partial charge in [-0.05, 0) is 84.8 Å². The topological polar surface area (TPSA) is 9.23 Å². The molecule has 0 aliphatic heterocycles. The van der Waals surface area contributed by atoms with E-state index in [0.717, 1.165) is 36.0 Å². The SMILES string of the molecule is CCCCC1CCC(c2ccc(C3=Cc4ccc(OC(F)(F)F)c(F)c4CC3)c(F)c2)CC1. The molecule has 0 heterocycles. The molecule has 0 spiro atoms. The summed E-state index contributed by atoms with van der Waals surface area (Å²) in [5.41, 5.74) is 2.84. The van der Waals surface area contributed by atoms with Crippen LogP contribution in [0.2, 0.25) is 0 Å². The zero-order chi connectivity index (χ0) is 23.6. The Morgan fingerprint density at radius 2 is 1.73 bits per heavy atom. The zero-order valence-corrected chi connectivity index (χ0v) is 18.8. The van der Waals surface area contributed by atoms with Crippen LogP contribution in [0.4, 0.5) is 22.0 Å². The molecule has 4 rings (SSSR count). The molecule has 0 amide bonds. The second kappa shape index (κ2) is 9.86. The summed E-state index contributed by atoms with van der Waals surface area (Å²) in [7, 11) is 0. The van der Waals surface area contributed by atoms with Gasteiger partial charge in [0.05, 0.1) is 0 Å². The molecule has 0 radical (unpaired) electrons. The van der Waals surface area contributed by atoms with E-state index in [1.807, 2.05) is 6.07 Å². The van der Waals surface area contributed by atoms with E-state index in [-0.39, 0.29) is 17.8 Å². The first-order chi connectivity index (χ1) is 15.7. The Morgan fingerprint density at radius 1 is 0.970 bits per heavy atom. The van der Waals surface area contributed by atoms with Crippen LogP contribution in [0.15, 0.2) is 30.3 Å². The Morgan fingerprint density at radius 3 is 2.39 bits per heavy atom. The first kappa shape index (κ1) is 23.8. The number of hydrogen-bond acceptors (Lipinski definition) is 1. The van der Waals surface area contributed by atoms with E-state index >= 15 is 4.39 Å². The Kier molecular flexibility index (Phi) is 7.10. The molecule has 0 atom stereocenters. The summed E-state index contributed by atoms with van der Waals surface area (Å²) in [5.74, 6) is -0.967. The molecule has 2 aromatic rings. The molecule has 0 aromatic heterocycles. The predicted molar refractivity (Wildman–Crippen MR) is 120 cm³/mol. The van der Waals surface area contributed by atoms with E-state index in [1.165, 1.54) is 38.2 Å². The van der Waals surface area contributed by atoms with Crippen LogP contribution >= 0.6 is 0 Å². The van der Waals surface area contributed by atoms with Gasteiger partial charge in [-0.3, -0.25) is 0 Å². The Labute approximate surface area is 191 Å². The van der Waals surface area contributed by atoms with Crippen molar-refractivity contribution in [1.29, 1.82) is 0 Å². The number of benzene rings is 2. The third-order valence-electron chi connectivity index (χ3n) is 7.07. The monoisotopic (exact) mass is 464 g/mol. The van der Waals surface area contributed by atoms with Gasteiger partial charge in [-0.25, -0.2) is 8.78 Å². The number of halogens is 5. The van der Waals surface area contributed by atoms with Crippen LogP contribution in [0, 0.1) is 17.6 Å². The molecule has 1 saturated carbocycles. The molecule has 0 N–H and O–H groups in total. The maximum atomic E-state index is 15.1. The third-order valence-corrected chi connectivity index (χ3v) is 7.07. The van der Waals surface area contributed by atoms with Gasteiger partial charge >= 0.3 is 6.36 Å². The van der Waals surface area contributed by atoms with E-state index in [2.05, 4.69) is 11.7 Å². The van der Waals surface area contributed by atoms with Crippen LogP contribution in [-0.2, 0) is 6.42 Å². The number of rotatable bonds is 6. The molecule has 0 bridgehead atoms. The van der Waals surface area contributed by atoms with Crippen molar-refractivity contribution < 1.29 is 26.7 Å². The molecule has 0 unspecified atom stereocenters. The molecule has 2 aliphatic rings. The van der Waals surface area contributed by atoms with Crippen molar-refractivity contribution in [2.75, 3.05) is 0 Å². The highest BCUT2D eigenvalue weighted by atomic mass is 19.4. The smallest absolute Gasteiger partial charge is 0.403 e. The number of unbranched alkanes of at least 4 members (excludes halogenated alkanes) is 1. The lowest BCUT2D eigenvalue weighted by Crippen LogP contribution is -2.18. The van der Waals surface area contributed by atoms with Crippen LogP contribution < -0.4 is 4.74 Å². The van der Waals surface area contributed by atoms with Gasteiger partial charge in [-0.2, -0.15) is 0 Å². The minimum absolute atomic E-state index is 0.164. The number of fused-ring (bicyclic) bond motifs is 1. The van der Waals surface area contributed by atoms with E-state index in [1.54, 1.807) is 18.2 Å². The number of hydrogen-bond donors (Lipinski definition) is 0. The van der Waals surface area contributed by atoms with Gasteiger partial charge < -0.3 is 4.74 Å². The summed E-state index contributed by atoms with van der Waals surface area (Å²) in [6.07, 6.45) is 5.60. The second-order valence-corrected chi connectivity index (χ2v) is 9.26. The highest BCUT2D eigenvalue weighted by molar-refractivity contribution is 5.85. The molecule has 2 aromatic carbocycles. The normalized spacial score (nSPS) is 20.8. The summed E-state index contributed by atoms with van der Waals surface area (Å²) in [4.78, 5) is 0. The fourth-order valence-electron chi connectivity index (χ4n) is 5.26. The predicted octanol–water partition coefficient (Wildman–Crippen LogP) is 8.81. The lowest BCUT2D eigenvalue weighted by atomic mass is 9.76. The molecular weight excluding hydrogens is 435 g/mol. The lowest BCUT2D eigenvalue weighted by Gasteiger charge is -2.29. The standard InChI is InChI=1S/C27H29F5O/c1-2-3-4-17-5-7-18(8-6-17)19-9-12-22(24(28)16-19)20-10-13-23-21(15-20)11-14-25(26(23)29)33-27(30,31)32/h9,11-12,14-18H,2-8,10,13H2,1H3. The molecule has 33 heavy (non-hydrogen) atoms. The summed E-state index contributed by atoms with van der Waals surface area (Å²) in [6, 6.07) is 7.78. The summed E-state index contributed by atoms with van der Waals surface area (Å²) < 4.78 is 70.8. The average molecular weight is 465 g/mol. The van der Waals surface area contributed by atoms with Crippen molar-refractivity contribution in [1.82, 2.24) is 0 Å². The number of alkyl halides is 3. The van der Waals surface area contributed by atoms with Crippen LogP contribution in [0.25, 0.3) is 11.6 Å². The highest BCUT2D eigenvalue weighted by Crippen LogP contribution is 2.40. The quantitative estimate of drug-likeness (QED) is 0.388. The van der Waals surface area contributed by atoms with Crippen molar-refractivity contribution in [3.05, 3.63) is 64.2 Å². The first-order valence-electron chi connectivity index (χ1n) is 11.8. The van der Waals surface area contributed by atoms with Gasteiger partial charge in [-0.15, -0.1) is 13.2 Å². The zero-order valence-electron chi connectivity index (χ0n) is 18.8. The molecule has 1 nitrogen and oxygen atoms in total. The summed E-state index contributed by atoms with van der Waals surface area (Å²) in [5, 5.41) is 0. The third kappa shape index (κ3) is 5.59. The van der Waals surface area contributed by atoms with E-state index in [0.29, 0.717) is 23.5 Å². The fraction of sp³-hybridized carbons (Fsp3) is 0.481. The van der Waals surface area contributed by atoms with Crippen molar-refractivity contribution in [3.63, 3.8) is 0 Å². The Balaban J connectivity index is 1.49. The molecule has 1 fully saturated rings. The minimum Gasteiger partial charge on any atom is -0.403 e. The van der Waals surface area contributed by atoms with Crippen LogP contribution in [-0.4, -0.2) is 6.36 Å². The first-order valence-corrected chi connectivity index (χ1v) is 11.8. The van der Waals surface area contributed by atoms with E-state index in [4.69, 9.17) is 0 Å². The van der Waals surface area contributed by atoms with Gasteiger partial charge in [0, 0.05) is 5.56 Å². The highest BCUT2D eigenvalue weighted by Gasteiger charge is 2.33. The molecular formula is C27H29F5O. The summed E-state index contributed by atoms with van der Waals surface area (Å²) >= 11 is 0.